The monoisotopic (exact) mass is 211 g/mol. The van der Waals surface area contributed by atoms with E-state index in [-0.39, 0.29) is 0 Å². The molecule has 0 aliphatic rings. The Bertz CT molecular complexity index is 237. The normalized spacial score (nSPS) is 10.1. The van der Waals surface area contributed by atoms with E-state index < -0.39 is 10.7 Å². The van der Waals surface area contributed by atoms with E-state index in [0.717, 1.165) is 11.5 Å². The number of halogens is 2. The van der Waals surface area contributed by atoms with Gasteiger partial charge in [-0.15, -0.1) is 5.10 Å². The largest absolute Gasteiger partial charge is 0.313 e. The fourth-order valence-corrected chi connectivity index (χ4v) is 0.930. The number of amides is 1. The van der Waals surface area contributed by atoms with E-state index in [1.165, 1.54) is 6.20 Å². The molecule has 1 N–H and O–H groups in total. The van der Waals surface area contributed by atoms with Crippen molar-refractivity contribution in [2.24, 2.45) is 0 Å². The molecule has 0 spiro atoms. The topological polar surface area (TPSA) is 54.9 Å². The maximum Gasteiger partial charge on any atom is 0.258 e. The summed E-state index contributed by atoms with van der Waals surface area (Å²) in [6.45, 7) is 0. The molecule has 1 amide bonds. The van der Waals surface area contributed by atoms with Crippen molar-refractivity contribution in [1.82, 2.24) is 9.59 Å². The summed E-state index contributed by atoms with van der Waals surface area (Å²) in [5, 5.41) is 6.44. The second-order valence-corrected chi connectivity index (χ2v) is 3.45. The summed E-state index contributed by atoms with van der Waals surface area (Å²) in [5.41, 5.74) is 0. The van der Waals surface area contributed by atoms with Gasteiger partial charge in [-0.2, -0.15) is 0 Å². The van der Waals surface area contributed by atoms with Crippen molar-refractivity contribution in [3.63, 3.8) is 0 Å². The van der Waals surface area contributed by atoms with Crippen LogP contribution >= 0.6 is 34.7 Å². The van der Waals surface area contributed by atoms with Gasteiger partial charge in [-0.05, 0) is 0 Å². The van der Waals surface area contributed by atoms with Crippen LogP contribution in [0.25, 0.3) is 0 Å². The lowest BCUT2D eigenvalue weighted by Gasteiger charge is -1.99. The first-order chi connectivity index (χ1) is 5.20. The number of hydrogen-bond donors (Lipinski definition) is 1. The summed E-state index contributed by atoms with van der Waals surface area (Å²) in [4.78, 5) is 9.73. The highest BCUT2D eigenvalue weighted by molar-refractivity contribution is 7.10. The van der Waals surface area contributed by atoms with Crippen LogP contribution in [0.2, 0.25) is 0 Å². The second-order valence-electron chi connectivity index (χ2n) is 1.57. The number of hydrogen-bond acceptors (Lipinski definition) is 4. The molecule has 7 heteroatoms. The molecule has 11 heavy (non-hydrogen) atoms. The molecule has 0 atom stereocenters. The van der Waals surface area contributed by atoms with E-state index in [1.807, 2.05) is 0 Å². The predicted octanol–water partition coefficient (Wildman–Crippen LogP) is 1.28. The Balaban J connectivity index is 2.50. The van der Waals surface area contributed by atoms with Gasteiger partial charge in [0.05, 0.1) is 6.20 Å². The average Bonchev–Trinajstić information content (AvgIpc) is 2.39. The van der Waals surface area contributed by atoms with E-state index >= 15 is 0 Å². The molecule has 0 fully saturated rings. The molecule has 60 valence electrons. The van der Waals surface area contributed by atoms with Crippen molar-refractivity contribution in [2.45, 2.75) is 4.84 Å². The van der Waals surface area contributed by atoms with Crippen LogP contribution < -0.4 is 5.32 Å². The second kappa shape index (κ2) is 3.85. The number of aromatic nitrogens is 2. The molecular formula is C4H3Cl2N3OS. The van der Waals surface area contributed by atoms with Crippen LogP contribution in [-0.2, 0) is 4.79 Å². The third-order valence-electron chi connectivity index (χ3n) is 0.806. The molecule has 4 nitrogen and oxygen atoms in total. The van der Waals surface area contributed by atoms with Crippen molar-refractivity contribution < 1.29 is 4.79 Å². The summed E-state index contributed by atoms with van der Waals surface area (Å²) in [6, 6.07) is 0. The number of anilines is 1. The maximum atomic E-state index is 10.8. The minimum Gasteiger partial charge on any atom is -0.313 e. The van der Waals surface area contributed by atoms with Gasteiger partial charge in [-0.3, -0.25) is 4.79 Å². The first-order valence-electron chi connectivity index (χ1n) is 2.56. The van der Waals surface area contributed by atoms with Crippen LogP contribution in [-0.4, -0.2) is 20.3 Å². The lowest BCUT2D eigenvalue weighted by atomic mass is 10.6. The molecule has 0 saturated heterocycles. The Labute approximate surface area is 76.7 Å². The number of carbonyl (C=O) groups is 1. The molecule has 0 radical (unpaired) electrons. The van der Waals surface area contributed by atoms with Crippen molar-refractivity contribution >= 4 is 45.6 Å². The first kappa shape index (κ1) is 8.70. The summed E-state index contributed by atoms with van der Waals surface area (Å²) < 4.78 is 3.53. The number of nitrogens with one attached hydrogen (secondary N) is 1. The van der Waals surface area contributed by atoms with Gasteiger partial charge in [0.1, 0.15) is 5.00 Å². The molecule has 0 unspecified atom stereocenters. The minimum atomic E-state index is -1.06. The van der Waals surface area contributed by atoms with Gasteiger partial charge < -0.3 is 5.32 Å². The molecule has 1 rings (SSSR count). The van der Waals surface area contributed by atoms with Crippen molar-refractivity contribution in [1.29, 1.82) is 0 Å². The lowest BCUT2D eigenvalue weighted by molar-refractivity contribution is -0.114. The van der Waals surface area contributed by atoms with Crippen LogP contribution in [0.3, 0.4) is 0 Å². The Morgan fingerprint density at radius 2 is 2.45 bits per heavy atom. The molecule has 1 aromatic rings. The highest BCUT2D eigenvalue weighted by atomic mass is 35.5. The Morgan fingerprint density at radius 3 is 2.91 bits per heavy atom. The fraction of sp³-hybridized carbons (Fsp3) is 0.250. The molecule has 1 heterocycles. The molecular weight excluding hydrogens is 209 g/mol. The third kappa shape index (κ3) is 2.61. The van der Waals surface area contributed by atoms with Gasteiger partial charge in [-0.1, -0.05) is 27.7 Å². The van der Waals surface area contributed by atoms with Crippen LogP contribution in [0.1, 0.15) is 0 Å². The van der Waals surface area contributed by atoms with Crippen molar-refractivity contribution in [3.05, 3.63) is 6.20 Å². The fourth-order valence-electron chi connectivity index (χ4n) is 0.398. The van der Waals surface area contributed by atoms with E-state index in [2.05, 4.69) is 14.9 Å². The number of alkyl halides is 2. The van der Waals surface area contributed by atoms with Gasteiger partial charge in [0.25, 0.3) is 5.91 Å². The van der Waals surface area contributed by atoms with Gasteiger partial charge in [0, 0.05) is 11.5 Å². The summed E-state index contributed by atoms with van der Waals surface area (Å²) >= 11 is 11.6. The lowest BCUT2D eigenvalue weighted by Crippen LogP contribution is -2.17. The van der Waals surface area contributed by atoms with Gasteiger partial charge in [0.2, 0.25) is 0 Å². The molecule has 0 aliphatic heterocycles. The third-order valence-corrected chi connectivity index (χ3v) is 1.78. The van der Waals surface area contributed by atoms with Crippen LogP contribution in [0, 0.1) is 0 Å². The van der Waals surface area contributed by atoms with Crippen molar-refractivity contribution in [2.75, 3.05) is 5.32 Å². The summed E-state index contributed by atoms with van der Waals surface area (Å²) in [5.74, 6) is -0.473. The Hall–Kier alpha value is -0.390. The van der Waals surface area contributed by atoms with Gasteiger partial charge in [0.15, 0.2) is 4.84 Å². The molecule has 0 bridgehead atoms. The Morgan fingerprint density at radius 1 is 1.73 bits per heavy atom. The predicted molar refractivity (Wildman–Crippen MR) is 44.0 cm³/mol. The van der Waals surface area contributed by atoms with Crippen LogP contribution in [0.15, 0.2) is 6.20 Å². The Kier molecular flexibility index (Phi) is 3.04. The minimum absolute atomic E-state index is 0.473. The zero-order valence-corrected chi connectivity index (χ0v) is 7.45. The molecule has 0 aromatic carbocycles. The SMILES string of the molecule is O=C(Nc1cnns1)C(Cl)Cl. The van der Waals surface area contributed by atoms with Gasteiger partial charge >= 0.3 is 0 Å². The number of nitrogens with zero attached hydrogens (tertiary/aromatic N) is 2. The van der Waals surface area contributed by atoms with E-state index in [1.54, 1.807) is 0 Å². The zero-order valence-electron chi connectivity index (χ0n) is 5.12. The molecule has 0 saturated carbocycles. The van der Waals surface area contributed by atoms with E-state index in [9.17, 15) is 4.79 Å². The highest BCUT2D eigenvalue weighted by Gasteiger charge is 2.11. The number of carbonyl (C=O) groups excluding carboxylic acids is 1. The quantitative estimate of drug-likeness (QED) is 0.751. The summed E-state index contributed by atoms with van der Waals surface area (Å²) in [6.07, 6.45) is 1.42. The zero-order chi connectivity index (χ0) is 8.27. The maximum absolute atomic E-state index is 10.8. The smallest absolute Gasteiger partial charge is 0.258 e. The van der Waals surface area contributed by atoms with Crippen LogP contribution in [0.4, 0.5) is 5.00 Å². The first-order valence-corrected chi connectivity index (χ1v) is 4.21. The molecule has 1 aromatic heterocycles. The standard InChI is InChI=1S/C4H3Cl2N3OS/c5-3(6)4(10)8-2-1-7-9-11-2/h1,3H,(H,8,10). The van der Waals surface area contributed by atoms with E-state index in [0.29, 0.717) is 5.00 Å². The van der Waals surface area contributed by atoms with Crippen LogP contribution in [0.5, 0.6) is 0 Å². The molecule has 0 aliphatic carbocycles. The van der Waals surface area contributed by atoms with Crippen molar-refractivity contribution in [3.8, 4) is 0 Å². The van der Waals surface area contributed by atoms with E-state index in [4.69, 9.17) is 23.2 Å². The van der Waals surface area contributed by atoms with Gasteiger partial charge in [-0.25, -0.2) is 0 Å². The summed E-state index contributed by atoms with van der Waals surface area (Å²) in [7, 11) is 0. The highest BCUT2D eigenvalue weighted by Crippen LogP contribution is 2.11. The average molecular weight is 212 g/mol. The number of rotatable bonds is 2.